The van der Waals surface area contributed by atoms with Crippen molar-refractivity contribution in [1.29, 1.82) is 0 Å². The molecule has 0 aliphatic heterocycles. The molecule has 1 aliphatic carbocycles. The molecule has 86 valence electrons. The zero-order valence-corrected chi connectivity index (χ0v) is 9.29. The highest BCUT2D eigenvalue weighted by Gasteiger charge is 2.23. The van der Waals surface area contributed by atoms with Crippen LogP contribution in [-0.4, -0.2) is 35.4 Å². The molecule has 5 heteroatoms. The van der Waals surface area contributed by atoms with Crippen LogP contribution in [0.2, 0.25) is 0 Å². The molecule has 1 saturated carbocycles. The SMILES string of the molecule is C/C(=N\NCCC(C)O)C(=O)NC1CC1. The predicted octanol–water partition coefficient (Wildman–Crippen LogP) is 0.00140. The Morgan fingerprint density at radius 3 is 2.80 bits per heavy atom. The summed E-state index contributed by atoms with van der Waals surface area (Å²) < 4.78 is 0. The van der Waals surface area contributed by atoms with E-state index < -0.39 is 0 Å². The number of aliphatic hydroxyl groups excluding tert-OH is 1. The van der Waals surface area contributed by atoms with E-state index in [1.54, 1.807) is 13.8 Å². The zero-order valence-electron chi connectivity index (χ0n) is 9.29. The van der Waals surface area contributed by atoms with E-state index in [0.717, 1.165) is 12.8 Å². The van der Waals surface area contributed by atoms with Crippen LogP contribution < -0.4 is 10.7 Å². The Hall–Kier alpha value is -1.10. The molecular weight excluding hydrogens is 194 g/mol. The van der Waals surface area contributed by atoms with Gasteiger partial charge < -0.3 is 15.8 Å². The topological polar surface area (TPSA) is 73.7 Å². The Labute approximate surface area is 89.9 Å². The lowest BCUT2D eigenvalue weighted by atomic mass is 10.3. The highest BCUT2D eigenvalue weighted by atomic mass is 16.3. The molecule has 0 aromatic heterocycles. The highest BCUT2D eigenvalue weighted by Crippen LogP contribution is 2.18. The number of carbonyl (C=O) groups excluding carboxylic acids is 1. The van der Waals surface area contributed by atoms with Gasteiger partial charge in [-0.25, -0.2) is 0 Å². The van der Waals surface area contributed by atoms with Crippen LogP contribution in [0, 0.1) is 0 Å². The molecule has 0 aromatic rings. The number of amides is 1. The third kappa shape index (κ3) is 5.37. The summed E-state index contributed by atoms with van der Waals surface area (Å²) in [6.07, 6.45) is 2.44. The maximum atomic E-state index is 11.4. The largest absolute Gasteiger partial charge is 0.393 e. The molecular formula is C10H19N3O2. The molecule has 0 spiro atoms. The number of hydrogen-bond donors (Lipinski definition) is 3. The minimum atomic E-state index is -0.340. The minimum Gasteiger partial charge on any atom is -0.393 e. The molecule has 1 unspecified atom stereocenters. The Morgan fingerprint density at radius 1 is 1.60 bits per heavy atom. The van der Waals surface area contributed by atoms with Crippen LogP contribution in [0.1, 0.15) is 33.1 Å². The lowest BCUT2D eigenvalue weighted by Crippen LogP contribution is -2.32. The molecule has 1 atom stereocenters. The second-order valence-electron chi connectivity index (χ2n) is 3.99. The van der Waals surface area contributed by atoms with E-state index in [0.29, 0.717) is 24.7 Å². The van der Waals surface area contributed by atoms with Crippen LogP contribution in [0.5, 0.6) is 0 Å². The molecule has 0 radical (unpaired) electrons. The quantitative estimate of drug-likeness (QED) is 0.330. The van der Waals surface area contributed by atoms with Gasteiger partial charge in [-0.05, 0) is 33.1 Å². The van der Waals surface area contributed by atoms with Crippen molar-refractivity contribution in [3.8, 4) is 0 Å². The molecule has 0 saturated heterocycles. The van der Waals surface area contributed by atoms with Gasteiger partial charge in [0.2, 0.25) is 0 Å². The lowest BCUT2D eigenvalue weighted by molar-refractivity contribution is -0.115. The summed E-state index contributed by atoms with van der Waals surface area (Å²) in [5, 5.41) is 15.8. The molecule has 1 amide bonds. The van der Waals surface area contributed by atoms with Gasteiger partial charge in [0, 0.05) is 12.6 Å². The fourth-order valence-electron chi connectivity index (χ4n) is 1.02. The number of nitrogens with one attached hydrogen (secondary N) is 2. The highest BCUT2D eigenvalue weighted by molar-refractivity contribution is 6.37. The van der Waals surface area contributed by atoms with Gasteiger partial charge in [-0.15, -0.1) is 0 Å². The Bertz CT molecular complexity index is 247. The van der Waals surface area contributed by atoms with Crippen molar-refractivity contribution in [2.45, 2.75) is 45.3 Å². The van der Waals surface area contributed by atoms with Gasteiger partial charge in [-0.2, -0.15) is 5.10 Å². The lowest BCUT2D eigenvalue weighted by Gasteiger charge is -2.05. The Morgan fingerprint density at radius 2 is 2.27 bits per heavy atom. The Kier molecular flexibility index (Phi) is 4.55. The summed E-state index contributed by atoms with van der Waals surface area (Å²) in [7, 11) is 0. The van der Waals surface area contributed by atoms with Crippen molar-refractivity contribution in [3.63, 3.8) is 0 Å². The zero-order chi connectivity index (χ0) is 11.3. The van der Waals surface area contributed by atoms with E-state index in [1.807, 2.05) is 0 Å². The number of hydrazone groups is 1. The maximum absolute atomic E-state index is 11.4. The summed E-state index contributed by atoms with van der Waals surface area (Å²) in [6.45, 7) is 3.97. The smallest absolute Gasteiger partial charge is 0.267 e. The molecule has 1 fully saturated rings. The van der Waals surface area contributed by atoms with Crippen molar-refractivity contribution in [2.75, 3.05) is 6.54 Å². The second kappa shape index (κ2) is 5.70. The van der Waals surface area contributed by atoms with Crippen molar-refractivity contribution in [1.82, 2.24) is 10.7 Å². The third-order valence-electron chi connectivity index (χ3n) is 2.16. The van der Waals surface area contributed by atoms with Crippen molar-refractivity contribution in [2.24, 2.45) is 5.10 Å². The monoisotopic (exact) mass is 213 g/mol. The molecule has 0 heterocycles. The molecule has 1 rings (SSSR count). The fourth-order valence-corrected chi connectivity index (χ4v) is 1.02. The normalized spacial score (nSPS) is 18.5. The molecule has 0 bridgehead atoms. The van der Waals surface area contributed by atoms with E-state index >= 15 is 0 Å². The average Bonchev–Trinajstić information content (AvgIpc) is 2.95. The molecule has 0 aromatic carbocycles. The summed E-state index contributed by atoms with van der Waals surface area (Å²) in [4.78, 5) is 11.4. The van der Waals surface area contributed by atoms with Crippen molar-refractivity contribution in [3.05, 3.63) is 0 Å². The van der Waals surface area contributed by atoms with Gasteiger partial charge in [-0.1, -0.05) is 0 Å². The van der Waals surface area contributed by atoms with E-state index in [9.17, 15) is 4.79 Å². The summed E-state index contributed by atoms with van der Waals surface area (Å²) >= 11 is 0. The van der Waals surface area contributed by atoms with Gasteiger partial charge in [0.25, 0.3) is 5.91 Å². The number of carbonyl (C=O) groups is 1. The minimum absolute atomic E-state index is 0.109. The van der Waals surface area contributed by atoms with Crippen molar-refractivity contribution < 1.29 is 9.90 Å². The van der Waals surface area contributed by atoms with Gasteiger partial charge in [-0.3, -0.25) is 4.79 Å². The van der Waals surface area contributed by atoms with E-state index in [2.05, 4.69) is 15.8 Å². The van der Waals surface area contributed by atoms with Crippen LogP contribution in [0.25, 0.3) is 0 Å². The predicted molar refractivity (Wildman–Crippen MR) is 58.6 cm³/mol. The molecule has 5 nitrogen and oxygen atoms in total. The summed E-state index contributed by atoms with van der Waals surface area (Å²) in [5.41, 5.74) is 3.20. The van der Waals surface area contributed by atoms with Gasteiger partial charge >= 0.3 is 0 Å². The van der Waals surface area contributed by atoms with Crippen LogP contribution >= 0.6 is 0 Å². The van der Waals surface area contributed by atoms with E-state index in [-0.39, 0.29) is 12.0 Å². The average molecular weight is 213 g/mol. The summed E-state index contributed by atoms with van der Waals surface area (Å²) in [6, 6.07) is 0.361. The van der Waals surface area contributed by atoms with Gasteiger partial charge in [0.05, 0.1) is 6.10 Å². The standard InChI is InChI=1S/C10H19N3O2/c1-7(14)5-6-11-13-8(2)10(15)12-9-3-4-9/h7,9,11,14H,3-6H2,1-2H3,(H,12,15)/b13-8+. The first-order chi connectivity index (χ1) is 7.09. The number of aliphatic hydroxyl groups is 1. The summed E-state index contributed by atoms with van der Waals surface area (Å²) in [5.74, 6) is -0.109. The fraction of sp³-hybridized carbons (Fsp3) is 0.800. The van der Waals surface area contributed by atoms with E-state index in [1.165, 1.54) is 0 Å². The van der Waals surface area contributed by atoms with Gasteiger partial charge in [0.1, 0.15) is 5.71 Å². The van der Waals surface area contributed by atoms with Crippen molar-refractivity contribution >= 4 is 11.6 Å². The first kappa shape index (κ1) is 12.0. The number of hydrogen-bond acceptors (Lipinski definition) is 4. The van der Waals surface area contributed by atoms with Crippen LogP contribution in [0.15, 0.2) is 5.10 Å². The van der Waals surface area contributed by atoms with Crippen LogP contribution in [-0.2, 0) is 4.79 Å². The van der Waals surface area contributed by atoms with E-state index in [4.69, 9.17) is 5.11 Å². The third-order valence-corrected chi connectivity index (χ3v) is 2.16. The maximum Gasteiger partial charge on any atom is 0.267 e. The molecule has 15 heavy (non-hydrogen) atoms. The van der Waals surface area contributed by atoms with Crippen LogP contribution in [0.3, 0.4) is 0 Å². The first-order valence-electron chi connectivity index (χ1n) is 5.35. The number of rotatable bonds is 6. The first-order valence-corrected chi connectivity index (χ1v) is 5.35. The second-order valence-corrected chi connectivity index (χ2v) is 3.99. The van der Waals surface area contributed by atoms with Gasteiger partial charge in [0.15, 0.2) is 0 Å². The molecule has 3 N–H and O–H groups in total. The number of nitrogens with zero attached hydrogens (tertiary/aromatic N) is 1. The molecule has 1 aliphatic rings. The van der Waals surface area contributed by atoms with Crippen LogP contribution in [0.4, 0.5) is 0 Å². The Balaban J connectivity index is 2.15.